The van der Waals surface area contributed by atoms with E-state index >= 15 is 0 Å². The fourth-order valence-electron chi connectivity index (χ4n) is 3.92. The summed E-state index contributed by atoms with van der Waals surface area (Å²) in [5.74, 6) is -2.87. The molecule has 232 valence electrons. The molecule has 45 heavy (non-hydrogen) atoms. The Hall–Kier alpha value is -5.63. The minimum absolute atomic E-state index is 0.0499. The van der Waals surface area contributed by atoms with Crippen LogP contribution in [0.4, 0.5) is 14.9 Å². The monoisotopic (exact) mass is 636 g/mol. The van der Waals surface area contributed by atoms with Crippen LogP contribution in [-0.2, 0) is 23.8 Å². The molecule has 1 unspecified atom stereocenters. The Morgan fingerprint density at radius 2 is 1.76 bits per heavy atom. The number of ether oxygens (including phenoxy) is 3. The highest BCUT2D eigenvalue weighted by atomic mass is 35.5. The molecule has 0 radical (unpaired) electrons. The lowest BCUT2D eigenvalue weighted by molar-refractivity contribution is -0.123. The van der Waals surface area contributed by atoms with E-state index < -0.39 is 42.1 Å². The van der Waals surface area contributed by atoms with Gasteiger partial charge in [0.15, 0.2) is 5.82 Å². The molecule has 0 saturated carbocycles. The maximum absolute atomic E-state index is 14.9. The number of rotatable bonds is 11. The highest BCUT2D eigenvalue weighted by molar-refractivity contribution is 6.31. The molecule has 3 aromatic carbocycles. The van der Waals surface area contributed by atoms with Gasteiger partial charge in [-0.25, -0.2) is 14.0 Å². The number of carbonyl (C=O) groups is 4. The molecule has 0 aliphatic carbocycles. The SMILES string of the molecule is CCOC(=O)OC(C)OC(=O)c1ccc(NC(=O)[C@@H](NC(=O)/C=C/c2c(-n3cnnn3)ccc(Cl)c2F)c2ccccc2)cc1. The fraction of sp³-hybridized carbons (Fsp3) is 0.167. The predicted octanol–water partition coefficient (Wildman–Crippen LogP) is 4.64. The van der Waals surface area contributed by atoms with Gasteiger partial charge in [0.1, 0.15) is 12.4 Å². The van der Waals surface area contributed by atoms with E-state index in [2.05, 4.69) is 30.9 Å². The number of benzene rings is 3. The number of amides is 2. The van der Waals surface area contributed by atoms with Crippen LogP contribution in [0.1, 0.15) is 41.4 Å². The van der Waals surface area contributed by atoms with Gasteiger partial charge < -0.3 is 24.8 Å². The Balaban J connectivity index is 1.46. The van der Waals surface area contributed by atoms with Crippen molar-refractivity contribution >= 4 is 47.3 Å². The molecule has 1 heterocycles. The Morgan fingerprint density at radius 1 is 1.02 bits per heavy atom. The van der Waals surface area contributed by atoms with E-state index in [0.717, 1.165) is 6.08 Å². The molecule has 0 saturated heterocycles. The van der Waals surface area contributed by atoms with Crippen molar-refractivity contribution in [3.63, 3.8) is 0 Å². The number of nitrogens with zero attached hydrogens (tertiary/aromatic N) is 4. The minimum Gasteiger partial charge on any atom is -0.435 e. The van der Waals surface area contributed by atoms with Gasteiger partial charge in [0, 0.05) is 24.3 Å². The van der Waals surface area contributed by atoms with E-state index in [0.29, 0.717) is 11.3 Å². The third kappa shape index (κ3) is 8.70. The van der Waals surface area contributed by atoms with Gasteiger partial charge in [-0.3, -0.25) is 9.59 Å². The minimum atomic E-state index is -1.19. The van der Waals surface area contributed by atoms with Crippen LogP contribution in [0.3, 0.4) is 0 Å². The van der Waals surface area contributed by atoms with Gasteiger partial charge in [-0.1, -0.05) is 41.9 Å². The zero-order chi connectivity index (χ0) is 32.3. The second kappa shape index (κ2) is 15.2. The molecule has 2 amide bonds. The molecule has 1 aromatic heterocycles. The van der Waals surface area contributed by atoms with Crippen LogP contribution in [0.25, 0.3) is 11.8 Å². The summed E-state index contributed by atoms with van der Waals surface area (Å²) in [6.45, 7) is 3.06. The lowest BCUT2D eigenvalue weighted by Gasteiger charge is -2.18. The molecule has 2 N–H and O–H groups in total. The van der Waals surface area contributed by atoms with Crippen molar-refractivity contribution in [1.29, 1.82) is 0 Å². The van der Waals surface area contributed by atoms with Crippen LogP contribution in [0.5, 0.6) is 0 Å². The number of esters is 1. The molecule has 4 rings (SSSR count). The highest BCUT2D eigenvalue weighted by Crippen LogP contribution is 2.25. The average molecular weight is 637 g/mol. The number of anilines is 1. The standard InChI is InChI=1S/C30H26ClFN6O7/c1-3-43-30(42)45-18(2)44-29(41)20-9-11-21(12-10-20)34-28(40)27(19-7-5-4-6-8-19)35-25(39)16-13-22-24(38-17-33-36-37-38)15-14-23(31)26(22)32/h4-18,27H,3H2,1-2H3,(H,34,40)(H,35,39)/b16-13+/t18?,27-/m0/s1. The molecule has 13 nitrogen and oxygen atoms in total. The molecule has 0 fully saturated rings. The number of hydrogen-bond acceptors (Lipinski definition) is 10. The Kier molecular flexibility index (Phi) is 10.9. The normalized spacial score (nSPS) is 12.2. The van der Waals surface area contributed by atoms with Crippen LogP contribution < -0.4 is 10.6 Å². The summed E-state index contributed by atoms with van der Waals surface area (Å²) in [5, 5.41) is 16.0. The lowest BCUT2D eigenvalue weighted by atomic mass is 10.1. The lowest BCUT2D eigenvalue weighted by Crippen LogP contribution is -2.36. The van der Waals surface area contributed by atoms with Gasteiger partial charge in [-0.2, -0.15) is 4.68 Å². The summed E-state index contributed by atoms with van der Waals surface area (Å²) in [6.07, 6.45) is 1.34. The van der Waals surface area contributed by atoms with Gasteiger partial charge >= 0.3 is 12.1 Å². The third-order valence-electron chi connectivity index (χ3n) is 5.97. The van der Waals surface area contributed by atoms with Gasteiger partial charge in [-0.15, -0.1) is 5.10 Å². The third-order valence-corrected chi connectivity index (χ3v) is 6.27. The zero-order valence-electron chi connectivity index (χ0n) is 23.8. The number of tetrazole rings is 1. The molecule has 4 aromatic rings. The maximum Gasteiger partial charge on any atom is 0.511 e. The summed E-state index contributed by atoms with van der Waals surface area (Å²) < 4.78 is 30.6. The van der Waals surface area contributed by atoms with E-state index in [4.69, 9.17) is 21.1 Å². The second-order valence-corrected chi connectivity index (χ2v) is 9.48. The summed E-state index contributed by atoms with van der Waals surface area (Å²) >= 11 is 5.95. The summed E-state index contributed by atoms with van der Waals surface area (Å²) in [5.41, 5.74) is 1.09. The fourth-order valence-corrected chi connectivity index (χ4v) is 4.08. The number of aromatic nitrogens is 4. The average Bonchev–Trinajstić information content (AvgIpc) is 3.56. The predicted molar refractivity (Wildman–Crippen MR) is 159 cm³/mol. The highest BCUT2D eigenvalue weighted by Gasteiger charge is 2.23. The van der Waals surface area contributed by atoms with Crippen LogP contribution in [-0.4, -0.2) is 57.0 Å². The summed E-state index contributed by atoms with van der Waals surface area (Å²) in [4.78, 5) is 50.1. The molecular weight excluding hydrogens is 611 g/mol. The largest absolute Gasteiger partial charge is 0.511 e. The Bertz CT molecular complexity index is 1690. The van der Waals surface area contributed by atoms with Crippen LogP contribution in [0, 0.1) is 5.82 Å². The topological polar surface area (TPSA) is 164 Å². The smallest absolute Gasteiger partial charge is 0.435 e. The van der Waals surface area contributed by atoms with Crippen LogP contribution in [0.2, 0.25) is 5.02 Å². The van der Waals surface area contributed by atoms with E-state index in [9.17, 15) is 23.6 Å². The van der Waals surface area contributed by atoms with Crippen LogP contribution in [0.15, 0.2) is 79.1 Å². The van der Waals surface area contributed by atoms with Gasteiger partial charge in [-0.05, 0) is 65.4 Å². The molecule has 0 spiro atoms. The number of halogens is 2. The van der Waals surface area contributed by atoms with Crippen molar-refractivity contribution in [3.8, 4) is 5.69 Å². The first-order valence-corrected chi connectivity index (χ1v) is 13.7. The molecule has 0 bridgehead atoms. The Morgan fingerprint density at radius 3 is 2.42 bits per heavy atom. The summed E-state index contributed by atoms with van der Waals surface area (Å²) in [7, 11) is 0. The number of nitrogens with one attached hydrogen (secondary N) is 2. The van der Waals surface area contributed by atoms with Gasteiger partial charge in [0.05, 0.1) is 22.9 Å². The van der Waals surface area contributed by atoms with E-state index in [1.165, 1.54) is 60.4 Å². The first kappa shape index (κ1) is 32.3. The number of hydrogen-bond donors (Lipinski definition) is 2. The summed E-state index contributed by atoms with van der Waals surface area (Å²) in [6, 6.07) is 15.8. The Labute approximate surface area is 260 Å². The zero-order valence-corrected chi connectivity index (χ0v) is 24.6. The molecule has 2 atom stereocenters. The van der Waals surface area contributed by atoms with Crippen molar-refractivity contribution in [2.24, 2.45) is 0 Å². The van der Waals surface area contributed by atoms with Crippen molar-refractivity contribution in [2.75, 3.05) is 11.9 Å². The molecular formula is C30H26ClFN6O7. The van der Waals surface area contributed by atoms with Crippen molar-refractivity contribution in [3.05, 3.63) is 107 Å². The van der Waals surface area contributed by atoms with Crippen molar-refractivity contribution < 1.29 is 37.8 Å². The number of carbonyl (C=O) groups excluding carboxylic acids is 4. The van der Waals surface area contributed by atoms with Crippen molar-refractivity contribution in [1.82, 2.24) is 25.5 Å². The molecule has 0 aliphatic heterocycles. The quantitative estimate of drug-likeness (QED) is 0.135. The van der Waals surface area contributed by atoms with Crippen molar-refractivity contribution in [2.45, 2.75) is 26.2 Å². The molecule has 15 heteroatoms. The van der Waals surface area contributed by atoms with Gasteiger partial charge in [0.25, 0.3) is 5.91 Å². The second-order valence-electron chi connectivity index (χ2n) is 9.07. The van der Waals surface area contributed by atoms with E-state index in [-0.39, 0.29) is 28.4 Å². The molecule has 0 aliphatic rings. The van der Waals surface area contributed by atoms with Gasteiger partial charge in [0.2, 0.25) is 12.2 Å². The first-order chi connectivity index (χ1) is 21.7. The van der Waals surface area contributed by atoms with E-state index in [1.807, 2.05) is 0 Å². The van der Waals surface area contributed by atoms with E-state index in [1.54, 1.807) is 37.3 Å². The first-order valence-electron chi connectivity index (χ1n) is 13.4. The van der Waals surface area contributed by atoms with Crippen LogP contribution >= 0.6 is 11.6 Å². The maximum atomic E-state index is 14.9.